The summed E-state index contributed by atoms with van der Waals surface area (Å²) in [4.78, 5) is 0. The quantitative estimate of drug-likeness (QED) is 0.752. The number of aliphatic hydroxyl groups is 1. The zero-order valence-corrected chi connectivity index (χ0v) is 10.7. The van der Waals surface area contributed by atoms with E-state index in [9.17, 15) is 5.11 Å². The Balaban J connectivity index is 2.60. The summed E-state index contributed by atoms with van der Waals surface area (Å²) in [5.41, 5.74) is 0.00134. The molecule has 4 unspecified atom stereocenters. The zero-order chi connectivity index (χ0) is 11.5. The van der Waals surface area contributed by atoms with Crippen LogP contribution in [-0.4, -0.2) is 23.3 Å². The summed E-state index contributed by atoms with van der Waals surface area (Å²) in [6, 6.07) is 0.512. The van der Waals surface area contributed by atoms with Gasteiger partial charge in [-0.3, -0.25) is 0 Å². The number of hydrogen-bond acceptors (Lipinski definition) is 2. The third-order valence-electron chi connectivity index (χ3n) is 4.23. The van der Waals surface area contributed by atoms with E-state index < -0.39 is 0 Å². The lowest BCUT2D eigenvalue weighted by Crippen LogP contribution is -2.55. The van der Waals surface area contributed by atoms with E-state index in [1.54, 1.807) is 0 Å². The van der Waals surface area contributed by atoms with Crippen LogP contribution in [0.4, 0.5) is 0 Å². The maximum absolute atomic E-state index is 9.63. The molecule has 0 saturated heterocycles. The highest BCUT2D eigenvalue weighted by Gasteiger charge is 2.37. The smallest absolute Gasteiger partial charge is 0.0613 e. The minimum atomic E-state index is 0.00134. The van der Waals surface area contributed by atoms with E-state index in [-0.39, 0.29) is 12.1 Å². The number of rotatable bonds is 4. The minimum absolute atomic E-state index is 0.00134. The normalized spacial score (nSPS) is 39.0. The van der Waals surface area contributed by atoms with Crippen LogP contribution in [0, 0.1) is 11.8 Å². The largest absolute Gasteiger partial charge is 0.394 e. The predicted molar refractivity (Wildman–Crippen MR) is 64.9 cm³/mol. The Morgan fingerprint density at radius 2 is 2.07 bits per heavy atom. The Morgan fingerprint density at radius 3 is 2.53 bits per heavy atom. The van der Waals surface area contributed by atoms with Crippen LogP contribution in [0.15, 0.2) is 0 Å². The molecule has 90 valence electrons. The van der Waals surface area contributed by atoms with Crippen LogP contribution >= 0.6 is 0 Å². The van der Waals surface area contributed by atoms with E-state index in [2.05, 4.69) is 33.0 Å². The van der Waals surface area contributed by atoms with Crippen LogP contribution in [0.1, 0.15) is 53.4 Å². The number of aliphatic hydroxyl groups excluding tert-OH is 1. The molecule has 2 heteroatoms. The van der Waals surface area contributed by atoms with Gasteiger partial charge in [-0.05, 0) is 44.4 Å². The molecule has 4 atom stereocenters. The molecular weight excluding hydrogens is 186 g/mol. The molecule has 1 fully saturated rings. The van der Waals surface area contributed by atoms with E-state index in [1.807, 2.05) is 0 Å². The van der Waals surface area contributed by atoms with Gasteiger partial charge in [-0.25, -0.2) is 0 Å². The first kappa shape index (κ1) is 13.0. The summed E-state index contributed by atoms with van der Waals surface area (Å²) >= 11 is 0. The molecule has 1 saturated carbocycles. The summed E-state index contributed by atoms with van der Waals surface area (Å²) in [5.74, 6) is 1.53. The number of nitrogens with one attached hydrogen (secondary N) is 1. The summed E-state index contributed by atoms with van der Waals surface area (Å²) in [6.45, 7) is 9.33. The van der Waals surface area contributed by atoms with Crippen LogP contribution in [0.2, 0.25) is 0 Å². The summed E-state index contributed by atoms with van der Waals surface area (Å²) in [7, 11) is 0. The Labute approximate surface area is 94.5 Å². The van der Waals surface area contributed by atoms with Gasteiger partial charge in [0.05, 0.1) is 6.61 Å². The summed E-state index contributed by atoms with van der Waals surface area (Å²) in [6.07, 6.45) is 4.62. The van der Waals surface area contributed by atoms with Gasteiger partial charge in [-0.15, -0.1) is 0 Å². The standard InChI is InChI=1S/C13H27NO/c1-5-12(4)14-13(9-15)7-6-10(2)11(3)8-13/h10-12,14-15H,5-9H2,1-4H3. The lowest BCUT2D eigenvalue weighted by atomic mass is 9.71. The van der Waals surface area contributed by atoms with Crippen molar-refractivity contribution in [3.8, 4) is 0 Å². The molecule has 0 radical (unpaired) electrons. The molecule has 0 aromatic heterocycles. The monoisotopic (exact) mass is 213 g/mol. The van der Waals surface area contributed by atoms with E-state index >= 15 is 0 Å². The van der Waals surface area contributed by atoms with Crippen molar-refractivity contribution in [2.75, 3.05) is 6.61 Å². The molecule has 1 aliphatic carbocycles. The molecule has 0 aromatic rings. The van der Waals surface area contributed by atoms with Gasteiger partial charge in [-0.1, -0.05) is 20.8 Å². The molecule has 2 N–H and O–H groups in total. The molecule has 0 heterocycles. The summed E-state index contributed by atoms with van der Waals surface area (Å²) < 4.78 is 0. The Hall–Kier alpha value is -0.0800. The van der Waals surface area contributed by atoms with Crippen molar-refractivity contribution < 1.29 is 5.11 Å². The third-order valence-corrected chi connectivity index (χ3v) is 4.23. The average Bonchev–Trinajstić information content (AvgIpc) is 2.23. The minimum Gasteiger partial charge on any atom is -0.394 e. The van der Waals surface area contributed by atoms with Gasteiger partial charge in [0, 0.05) is 11.6 Å². The topological polar surface area (TPSA) is 32.3 Å². The first-order valence-electron chi connectivity index (χ1n) is 6.41. The lowest BCUT2D eigenvalue weighted by Gasteiger charge is -2.44. The third kappa shape index (κ3) is 3.18. The van der Waals surface area contributed by atoms with Crippen molar-refractivity contribution in [2.45, 2.75) is 65.0 Å². The highest BCUT2D eigenvalue weighted by molar-refractivity contribution is 4.95. The molecule has 0 aromatic carbocycles. The van der Waals surface area contributed by atoms with E-state index in [0.29, 0.717) is 6.04 Å². The first-order valence-corrected chi connectivity index (χ1v) is 6.41. The van der Waals surface area contributed by atoms with Crippen molar-refractivity contribution >= 4 is 0 Å². The van der Waals surface area contributed by atoms with Crippen LogP contribution in [0.25, 0.3) is 0 Å². The van der Waals surface area contributed by atoms with Crippen molar-refractivity contribution in [3.05, 3.63) is 0 Å². The van der Waals surface area contributed by atoms with Crippen LogP contribution in [0.3, 0.4) is 0 Å². The van der Waals surface area contributed by atoms with Crippen molar-refractivity contribution in [1.29, 1.82) is 0 Å². The fourth-order valence-corrected chi connectivity index (χ4v) is 2.65. The van der Waals surface area contributed by atoms with E-state index in [4.69, 9.17) is 0 Å². The molecule has 1 aliphatic rings. The molecule has 2 nitrogen and oxygen atoms in total. The Morgan fingerprint density at radius 1 is 1.40 bits per heavy atom. The molecular formula is C13H27NO. The van der Waals surface area contributed by atoms with Crippen LogP contribution in [-0.2, 0) is 0 Å². The van der Waals surface area contributed by atoms with Crippen LogP contribution < -0.4 is 5.32 Å². The average molecular weight is 213 g/mol. The SMILES string of the molecule is CCC(C)NC1(CO)CCC(C)C(C)C1. The highest BCUT2D eigenvalue weighted by atomic mass is 16.3. The first-order chi connectivity index (χ1) is 7.03. The van der Waals surface area contributed by atoms with Gasteiger partial charge in [0.1, 0.15) is 0 Å². The van der Waals surface area contributed by atoms with Gasteiger partial charge in [0.15, 0.2) is 0 Å². The Kier molecular flexibility index (Phi) is 4.60. The molecule has 1 rings (SSSR count). The number of hydrogen-bond donors (Lipinski definition) is 2. The maximum atomic E-state index is 9.63. The fourth-order valence-electron chi connectivity index (χ4n) is 2.65. The van der Waals surface area contributed by atoms with E-state index in [0.717, 1.165) is 31.1 Å². The van der Waals surface area contributed by atoms with E-state index in [1.165, 1.54) is 6.42 Å². The van der Waals surface area contributed by atoms with Crippen molar-refractivity contribution in [2.24, 2.45) is 11.8 Å². The maximum Gasteiger partial charge on any atom is 0.0613 e. The van der Waals surface area contributed by atoms with Gasteiger partial charge in [0.2, 0.25) is 0 Å². The van der Waals surface area contributed by atoms with Crippen LogP contribution in [0.5, 0.6) is 0 Å². The fraction of sp³-hybridized carbons (Fsp3) is 1.00. The zero-order valence-electron chi connectivity index (χ0n) is 10.7. The molecule has 15 heavy (non-hydrogen) atoms. The second-order valence-electron chi connectivity index (χ2n) is 5.59. The van der Waals surface area contributed by atoms with Crippen molar-refractivity contribution in [3.63, 3.8) is 0 Å². The highest BCUT2D eigenvalue weighted by Crippen LogP contribution is 2.36. The summed E-state index contributed by atoms with van der Waals surface area (Å²) in [5, 5.41) is 13.3. The second-order valence-corrected chi connectivity index (χ2v) is 5.59. The predicted octanol–water partition coefficient (Wildman–Crippen LogP) is 2.56. The van der Waals surface area contributed by atoms with Crippen molar-refractivity contribution in [1.82, 2.24) is 5.32 Å². The molecule has 0 spiro atoms. The van der Waals surface area contributed by atoms with Gasteiger partial charge in [0.25, 0.3) is 0 Å². The molecule has 0 aliphatic heterocycles. The van der Waals surface area contributed by atoms with Gasteiger partial charge < -0.3 is 10.4 Å². The Bertz CT molecular complexity index is 191. The van der Waals surface area contributed by atoms with Gasteiger partial charge >= 0.3 is 0 Å². The molecule has 0 bridgehead atoms. The second kappa shape index (κ2) is 5.31. The van der Waals surface area contributed by atoms with Gasteiger partial charge in [-0.2, -0.15) is 0 Å². The molecule has 0 amide bonds. The lowest BCUT2D eigenvalue weighted by molar-refractivity contribution is 0.0678.